The Labute approximate surface area is 120 Å². The standard InChI is InChI=1S/C12H8F3N5O2/c13-12(14,15)6-2-1-5-9(19-6)8-10(16)17-4-18-11(8)20(5)3-7(21)22/h1-2,4H,3H2,(H,21,22)(H2,16,17,18). The van der Waals surface area contributed by atoms with Crippen molar-refractivity contribution in [2.24, 2.45) is 0 Å². The number of nitrogen functional groups attached to an aromatic ring is 1. The lowest BCUT2D eigenvalue weighted by Crippen LogP contribution is -2.10. The molecule has 3 aromatic rings. The Morgan fingerprint density at radius 1 is 1.32 bits per heavy atom. The Bertz CT molecular complexity index is 903. The summed E-state index contributed by atoms with van der Waals surface area (Å²) >= 11 is 0. The van der Waals surface area contributed by atoms with E-state index < -0.39 is 24.4 Å². The molecule has 3 N–H and O–H groups in total. The Morgan fingerprint density at radius 2 is 2.05 bits per heavy atom. The normalized spacial score (nSPS) is 12.1. The van der Waals surface area contributed by atoms with Crippen LogP contribution in [0, 0.1) is 0 Å². The Balaban J connectivity index is 2.43. The number of carboxylic acid groups (broad SMARTS) is 1. The molecule has 0 aliphatic rings. The van der Waals surface area contributed by atoms with E-state index in [1.54, 1.807) is 0 Å². The van der Waals surface area contributed by atoms with E-state index in [0.717, 1.165) is 18.5 Å². The molecule has 0 spiro atoms. The van der Waals surface area contributed by atoms with E-state index in [1.165, 1.54) is 4.57 Å². The van der Waals surface area contributed by atoms with Crippen LogP contribution in [0.15, 0.2) is 18.5 Å². The fourth-order valence-electron chi connectivity index (χ4n) is 2.24. The molecular formula is C12H8F3N5O2. The SMILES string of the molecule is Nc1ncnc2c1c1nc(C(F)(F)F)ccc1n2CC(=O)O. The molecule has 0 bridgehead atoms. The van der Waals surface area contributed by atoms with Crippen LogP contribution in [0.2, 0.25) is 0 Å². The van der Waals surface area contributed by atoms with Gasteiger partial charge in [-0.1, -0.05) is 0 Å². The van der Waals surface area contributed by atoms with Gasteiger partial charge in [0.2, 0.25) is 0 Å². The topological polar surface area (TPSA) is 107 Å². The third-order valence-electron chi connectivity index (χ3n) is 3.10. The monoisotopic (exact) mass is 311 g/mol. The summed E-state index contributed by atoms with van der Waals surface area (Å²) in [6.45, 7) is -0.483. The number of nitrogens with two attached hydrogens (primary N) is 1. The van der Waals surface area contributed by atoms with Gasteiger partial charge in [0.25, 0.3) is 0 Å². The first kappa shape index (κ1) is 14.0. The number of halogens is 3. The second-order valence-corrected chi connectivity index (χ2v) is 4.50. The van der Waals surface area contributed by atoms with Crippen molar-refractivity contribution in [2.75, 3.05) is 5.73 Å². The highest BCUT2D eigenvalue weighted by Crippen LogP contribution is 2.33. The molecular weight excluding hydrogens is 303 g/mol. The van der Waals surface area contributed by atoms with Gasteiger partial charge in [0.15, 0.2) is 0 Å². The second-order valence-electron chi connectivity index (χ2n) is 4.50. The van der Waals surface area contributed by atoms with Crippen molar-refractivity contribution in [2.45, 2.75) is 12.7 Å². The van der Waals surface area contributed by atoms with E-state index in [9.17, 15) is 18.0 Å². The van der Waals surface area contributed by atoms with E-state index in [4.69, 9.17) is 10.8 Å². The zero-order chi connectivity index (χ0) is 16.1. The average Bonchev–Trinajstić information content (AvgIpc) is 2.72. The number of anilines is 1. The molecule has 0 aliphatic carbocycles. The van der Waals surface area contributed by atoms with Crippen LogP contribution in [0.4, 0.5) is 19.0 Å². The zero-order valence-electron chi connectivity index (χ0n) is 10.8. The summed E-state index contributed by atoms with van der Waals surface area (Å²) in [5.41, 5.74) is 4.83. The van der Waals surface area contributed by atoms with Gasteiger partial charge < -0.3 is 15.4 Å². The van der Waals surface area contributed by atoms with Gasteiger partial charge in [-0.15, -0.1) is 0 Å². The molecule has 10 heteroatoms. The van der Waals surface area contributed by atoms with E-state index in [0.29, 0.717) is 0 Å². The molecule has 0 aliphatic heterocycles. The lowest BCUT2D eigenvalue weighted by Gasteiger charge is -2.06. The number of rotatable bonds is 2. The van der Waals surface area contributed by atoms with Gasteiger partial charge in [-0.3, -0.25) is 4.79 Å². The lowest BCUT2D eigenvalue weighted by molar-refractivity contribution is -0.141. The summed E-state index contributed by atoms with van der Waals surface area (Å²) in [6, 6.07) is 1.93. The van der Waals surface area contributed by atoms with Gasteiger partial charge in [-0.2, -0.15) is 13.2 Å². The number of hydrogen-bond donors (Lipinski definition) is 2. The minimum absolute atomic E-state index is 0.0639. The van der Waals surface area contributed by atoms with Gasteiger partial charge >= 0.3 is 12.1 Å². The van der Waals surface area contributed by atoms with Gasteiger partial charge in [0, 0.05) is 0 Å². The maximum absolute atomic E-state index is 12.8. The molecule has 0 aromatic carbocycles. The van der Waals surface area contributed by atoms with Crippen molar-refractivity contribution in [3.63, 3.8) is 0 Å². The van der Waals surface area contributed by atoms with Crippen molar-refractivity contribution in [3.05, 3.63) is 24.2 Å². The molecule has 22 heavy (non-hydrogen) atoms. The summed E-state index contributed by atoms with van der Waals surface area (Å²) in [4.78, 5) is 22.2. The fourth-order valence-corrected chi connectivity index (χ4v) is 2.24. The van der Waals surface area contributed by atoms with Crippen LogP contribution in [0.25, 0.3) is 22.1 Å². The number of hydrogen-bond acceptors (Lipinski definition) is 5. The highest BCUT2D eigenvalue weighted by atomic mass is 19.4. The van der Waals surface area contributed by atoms with E-state index in [-0.39, 0.29) is 27.9 Å². The maximum atomic E-state index is 12.8. The molecule has 0 unspecified atom stereocenters. The average molecular weight is 311 g/mol. The van der Waals surface area contributed by atoms with Crippen LogP contribution < -0.4 is 5.73 Å². The predicted octanol–water partition coefficient (Wildman–Crippen LogP) is 1.67. The Kier molecular flexibility index (Phi) is 2.90. The summed E-state index contributed by atoms with van der Waals surface area (Å²) in [5.74, 6) is -1.23. The minimum atomic E-state index is -4.63. The molecule has 0 fully saturated rings. The number of aromatic nitrogens is 4. The molecule has 0 atom stereocenters. The first-order valence-corrected chi connectivity index (χ1v) is 5.97. The van der Waals surface area contributed by atoms with E-state index in [2.05, 4.69) is 15.0 Å². The first-order chi connectivity index (χ1) is 10.3. The summed E-state index contributed by atoms with van der Waals surface area (Å²) in [7, 11) is 0. The number of carbonyl (C=O) groups is 1. The van der Waals surface area contributed by atoms with Crippen LogP contribution in [-0.4, -0.2) is 30.6 Å². The molecule has 0 saturated heterocycles. The highest BCUT2D eigenvalue weighted by molar-refractivity contribution is 6.09. The van der Waals surface area contributed by atoms with Crippen LogP contribution in [0.3, 0.4) is 0 Å². The largest absolute Gasteiger partial charge is 0.480 e. The molecule has 3 rings (SSSR count). The van der Waals surface area contributed by atoms with Crippen molar-refractivity contribution < 1.29 is 23.1 Å². The van der Waals surface area contributed by atoms with Gasteiger partial charge in [0.1, 0.15) is 35.5 Å². The van der Waals surface area contributed by atoms with Crippen molar-refractivity contribution in [1.29, 1.82) is 0 Å². The molecule has 3 aromatic heterocycles. The molecule has 3 heterocycles. The lowest BCUT2D eigenvalue weighted by atomic mass is 10.2. The Morgan fingerprint density at radius 3 is 2.68 bits per heavy atom. The third kappa shape index (κ3) is 2.08. The molecule has 0 radical (unpaired) electrons. The number of carboxylic acids is 1. The molecule has 7 nitrogen and oxygen atoms in total. The molecule has 0 saturated carbocycles. The molecule has 0 amide bonds. The summed E-state index contributed by atoms with van der Waals surface area (Å²) in [5, 5.41) is 9.06. The smallest absolute Gasteiger partial charge is 0.433 e. The van der Waals surface area contributed by atoms with E-state index in [1.807, 2.05) is 0 Å². The third-order valence-corrected chi connectivity index (χ3v) is 3.10. The number of fused-ring (bicyclic) bond motifs is 3. The first-order valence-electron chi connectivity index (χ1n) is 5.97. The summed E-state index contributed by atoms with van der Waals surface area (Å²) in [6.07, 6.45) is -3.51. The van der Waals surface area contributed by atoms with Crippen LogP contribution in [0.1, 0.15) is 5.69 Å². The maximum Gasteiger partial charge on any atom is 0.433 e. The van der Waals surface area contributed by atoms with Crippen LogP contribution in [-0.2, 0) is 17.5 Å². The van der Waals surface area contributed by atoms with Gasteiger partial charge in [-0.25, -0.2) is 15.0 Å². The van der Waals surface area contributed by atoms with E-state index >= 15 is 0 Å². The quantitative estimate of drug-likeness (QED) is 0.745. The predicted molar refractivity (Wildman–Crippen MR) is 69.9 cm³/mol. The Hall–Kier alpha value is -2.91. The number of nitrogens with zero attached hydrogens (tertiary/aromatic N) is 4. The minimum Gasteiger partial charge on any atom is -0.480 e. The van der Waals surface area contributed by atoms with Crippen LogP contribution in [0.5, 0.6) is 0 Å². The van der Waals surface area contributed by atoms with Gasteiger partial charge in [-0.05, 0) is 12.1 Å². The zero-order valence-corrected chi connectivity index (χ0v) is 10.8. The second kappa shape index (κ2) is 4.55. The number of alkyl halides is 3. The van der Waals surface area contributed by atoms with Gasteiger partial charge in [0.05, 0.1) is 10.9 Å². The van der Waals surface area contributed by atoms with Crippen molar-refractivity contribution in [1.82, 2.24) is 19.5 Å². The van der Waals surface area contributed by atoms with Crippen LogP contribution >= 0.6 is 0 Å². The summed E-state index contributed by atoms with van der Waals surface area (Å²) < 4.78 is 39.7. The molecule has 114 valence electrons. The number of pyridine rings is 1. The van der Waals surface area contributed by atoms with Crippen molar-refractivity contribution in [3.8, 4) is 0 Å². The highest BCUT2D eigenvalue weighted by Gasteiger charge is 2.33. The fraction of sp³-hybridized carbons (Fsp3) is 0.167. The number of aliphatic carboxylic acids is 1. The van der Waals surface area contributed by atoms with Crippen molar-refractivity contribution >= 4 is 33.9 Å².